The zero-order chi connectivity index (χ0) is 22.1. The van der Waals surface area contributed by atoms with Crippen molar-refractivity contribution in [3.05, 3.63) is 51.7 Å². The summed E-state index contributed by atoms with van der Waals surface area (Å²) in [6, 6.07) is 4.76. The number of hydrogen-bond donors (Lipinski definition) is 0. The van der Waals surface area contributed by atoms with Crippen LogP contribution in [-0.4, -0.2) is 42.0 Å². The molecule has 0 saturated carbocycles. The van der Waals surface area contributed by atoms with Crippen molar-refractivity contribution in [3.63, 3.8) is 0 Å². The molecule has 160 valence electrons. The lowest BCUT2D eigenvalue weighted by atomic mass is 10.1. The number of hydrogen-bond acceptors (Lipinski definition) is 6. The van der Waals surface area contributed by atoms with Gasteiger partial charge in [-0.05, 0) is 30.2 Å². The molecule has 1 amide bonds. The number of methoxy groups -OCH3 is 2. The van der Waals surface area contributed by atoms with Crippen LogP contribution in [0.15, 0.2) is 24.3 Å². The number of fused-ring (bicyclic) bond motifs is 1. The number of ether oxygens (including phenoxy) is 2. The topological polar surface area (TPSA) is 64.6 Å². The molecule has 3 aromatic rings. The molecule has 0 N–H and O–H groups in total. The van der Waals surface area contributed by atoms with E-state index in [0.717, 1.165) is 12.1 Å². The second-order valence-corrected chi connectivity index (χ2v) is 7.67. The van der Waals surface area contributed by atoms with Crippen molar-refractivity contribution in [3.8, 4) is 5.88 Å². The lowest BCUT2D eigenvalue weighted by molar-refractivity contribution is -0.137. The Balaban J connectivity index is 1.87. The zero-order valence-corrected chi connectivity index (χ0v) is 17.6. The van der Waals surface area contributed by atoms with Gasteiger partial charge < -0.3 is 14.4 Å². The minimum absolute atomic E-state index is 0.169. The minimum Gasteiger partial charge on any atom is -0.480 e. The Morgan fingerprint density at radius 3 is 2.40 bits per heavy atom. The van der Waals surface area contributed by atoms with Crippen LogP contribution in [0, 0.1) is 6.92 Å². The number of amides is 1. The van der Waals surface area contributed by atoms with Crippen molar-refractivity contribution in [1.82, 2.24) is 14.9 Å². The molecule has 30 heavy (non-hydrogen) atoms. The van der Waals surface area contributed by atoms with E-state index >= 15 is 0 Å². The number of carbonyl (C=O) groups is 1. The minimum atomic E-state index is -4.39. The maximum absolute atomic E-state index is 13.0. The highest BCUT2D eigenvalue weighted by atomic mass is 32.1. The van der Waals surface area contributed by atoms with E-state index in [-0.39, 0.29) is 19.1 Å². The Kier molecular flexibility index (Phi) is 6.27. The molecular formula is C20H20F3N3O3S. The van der Waals surface area contributed by atoms with E-state index in [1.165, 1.54) is 42.6 Å². The van der Waals surface area contributed by atoms with E-state index < -0.39 is 11.7 Å². The summed E-state index contributed by atoms with van der Waals surface area (Å²) in [6.07, 6.45) is -4.39. The number of nitrogens with zero attached hydrogens (tertiary/aromatic N) is 3. The average molecular weight is 439 g/mol. The Hall–Kier alpha value is -2.72. The molecule has 0 spiro atoms. The van der Waals surface area contributed by atoms with Gasteiger partial charge in [-0.25, -0.2) is 4.98 Å². The summed E-state index contributed by atoms with van der Waals surface area (Å²) >= 11 is 1.22. The Morgan fingerprint density at radius 2 is 1.83 bits per heavy atom. The molecule has 2 heterocycles. The highest BCUT2D eigenvalue weighted by Crippen LogP contribution is 2.36. The summed E-state index contributed by atoms with van der Waals surface area (Å²) in [5.41, 5.74) is 0.565. The molecule has 0 bridgehead atoms. The van der Waals surface area contributed by atoms with Crippen LogP contribution in [0.3, 0.4) is 0 Å². The lowest BCUT2D eigenvalue weighted by Gasteiger charge is -2.17. The molecule has 0 fully saturated rings. The van der Waals surface area contributed by atoms with Crippen molar-refractivity contribution >= 4 is 27.5 Å². The molecular weight excluding hydrogens is 419 g/mol. The number of aryl methyl sites for hydroxylation is 1. The lowest BCUT2D eigenvalue weighted by Crippen LogP contribution is -2.26. The van der Waals surface area contributed by atoms with Crippen LogP contribution >= 0.6 is 11.3 Å². The average Bonchev–Trinajstić information content (AvgIpc) is 3.03. The monoisotopic (exact) mass is 439 g/mol. The number of rotatable bonds is 6. The Bertz CT molecular complexity index is 1070. The van der Waals surface area contributed by atoms with Crippen molar-refractivity contribution in [1.29, 1.82) is 0 Å². The van der Waals surface area contributed by atoms with Crippen LogP contribution in [0.4, 0.5) is 13.2 Å². The molecule has 0 atom stereocenters. The first-order valence-corrected chi connectivity index (χ1v) is 9.72. The van der Waals surface area contributed by atoms with Gasteiger partial charge in [-0.3, -0.25) is 4.79 Å². The van der Waals surface area contributed by atoms with Crippen molar-refractivity contribution < 1.29 is 27.4 Å². The van der Waals surface area contributed by atoms with E-state index in [9.17, 15) is 18.0 Å². The van der Waals surface area contributed by atoms with Crippen LogP contribution in [0.5, 0.6) is 5.88 Å². The summed E-state index contributed by atoms with van der Waals surface area (Å²) in [5.74, 6) is 0.552. The number of benzene rings is 1. The third-order valence-electron chi connectivity index (χ3n) is 4.51. The normalized spacial score (nSPS) is 11.7. The van der Waals surface area contributed by atoms with Gasteiger partial charge in [0.2, 0.25) is 5.88 Å². The summed E-state index contributed by atoms with van der Waals surface area (Å²) in [5, 5.41) is 0.661. The Morgan fingerprint density at radius 1 is 1.17 bits per heavy atom. The third-order valence-corrected chi connectivity index (χ3v) is 5.69. The zero-order valence-electron chi connectivity index (χ0n) is 16.8. The summed E-state index contributed by atoms with van der Waals surface area (Å²) in [6.45, 7) is 2.17. The van der Waals surface area contributed by atoms with Crippen LogP contribution in [-0.2, 0) is 24.1 Å². The highest BCUT2D eigenvalue weighted by Gasteiger charge is 2.30. The standard InChI is InChI=1S/C20H20F3N3O3S/c1-11-15-17(29-4)24-14(10-28-3)25-18(15)30-16(11)19(27)26(2)9-12-5-7-13(8-6-12)20(21,22)23/h5-8H,9-10H2,1-4H3. The van der Waals surface area contributed by atoms with Gasteiger partial charge in [0.05, 0.1) is 22.9 Å². The van der Waals surface area contributed by atoms with Crippen molar-refractivity contribution in [2.45, 2.75) is 26.3 Å². The molecule has 10 heteroatoms. The van der Waals surface area contributed by atoms with E-state index in [4.69, 9.17) is 9.47 Å². The number of alkyl halides is 3. The van der Waals surface area contributed by atoms with Gasteiger partial charge in [0, 0.05) is 20.7 Å². The molecule has 0 saturated heterocycles. The first-order chi connectivity index (χ1) is 14.2. The molecule has 0 aliphatic heterocycles. The summed E-state index contributed by atoms with van der Waals surface area (Å²) in [7, 11) is 4.63. The number of thiophene rings is 1. The predicted octanol–water partition coefficient (Wildman–Crippen LogP) is 4.45. The predicted molar refractivity (Wildman–Crippen MR) is 107 cm³/mol. The van der Waals surface area contributed by atoms with Gasteiger partial charge in [0.25, 0.3) is 5.91 Å². The van der Waals surface area contributed by atoms with Crippen LogP contribution in [0.1, 0.15) is 32.2 Å². The summed E-state index contributed by atoms with van der Waals surface area (Å²) < 4.78 is 48.6. The van der Waals surface area contributed by atoms with Crippen molar-refractivity contribution in [2.75, 3.05) is 21.3 Å². The van der Waals surface area contributed by atoms with Crippen molar-refractivity contribution in [2.24, 2.45) is 0 Å². The quantitative estimate of drug-likeness (QED) is 0.568. The Labute approximate surface area is 175 Å². The van der Waals surface area contributed by atoms with Gasteiger partial charge in [0.1, 0.15) is 11.4 Å². The van der Waals surface area contributed by atoms with Gasteiger partial charge in [0.15, 0.2) is 5.82 Å². The fourth-order valence-corrected chi connectivity index (χ4v) is 4.19. The fourth-order valence-electron chi connectivity index (χ4n) is 3.01. The number of aromatic nitrogens is 2. The van der Waals surface area contributed by atoms with E-state index in [1.807, 2.05) is 0 Å². The molecule has 0 aliphatic carbocycles. The third kappa shape index (κ3) is 4.39. The second-order valence-electron chi connectivity index (χ2n) is 6.67. The van der Waals surface area contributed by atoms with Crippen LogP contribution in [0.25, 0.3) is 10.2 Å². The van der Waals surface area contributed by atoms with Crippen LogP contribution in [0.2, 0.25) is 0 Å². The smallest absolute Gasteiger partial charge is 0.416 e. The first kappa shape index (κ1) is 22.0. The fraction of sp³-hybridized carbons (Fsp3) is 0.350. The first-order valence-electron chi connectivity index (χ1n) is 8.90. The maximum atomic E-state index is 13.0. The van der Waals surface area contributed by atoms with Gasteiger partial charge >= 0.3 is 6.18 Å². The molecule has 6 nitrogen and oxygen atoms in total. The molecule has 1 aromatic carbocycles. The number of carbonyl (C=O) groups excluding carboxylic acids is 1. The van der Waals surface area contributed by atoms with Crippen LogP contribution < -0.4 is 4.74 Å². The van der Waals surface area contributed by atoms with E-state index in [0.29, 0.717) is 37.9 Å². The summed E-state index contributed by atoms with van der Waals surface area (Å²) in [4.78, 5) is 24.3. The van der Waals surface area contributed by atoms with Gasteiger partial charge in [-0.1, -0.05) is 12.1 Å². The SMILES string of the molecule is COCc1nc(OC)c2c(C)c(C(=O)N(C)Cc3ccc(C(F)(F)F)cc3)sc2n1. The highest BCUT2D eigenvalue weighted by molar-refractivity contribution is 7.20. The number of halogens is 3. The largest absolute Gasteiger partial charge is 0.480 e. The molecule has 3 rings (SSSR count). The second kappa shape index (κ2) is 8.57. The van der Waals surface area contributed by atoms with E-state index in [1.54, 1.807) is 14.0 Å². The molecule has 2 aromatic heterocycles. The molecule has 0 radical (unpaired) electrons. The molecule has 0 unspecified atom stereocenters. The van der Waals surface area contributed by atoms with E-state index in [2.05, 4.69) is 9.97 Å². The van der Waals surface area contributed by atoms with Gasteiger partial charge in [-0.15, -0.1) is 11.3 Å². The molecule has 0 aliphatic rings. The maximum Gasteiger partial charge on any atom is 0.416 e. The van der Waals surface area contributed by atoms with Gasteiger partial charge in [-0.2, -0.15) is 18.2 Å².